The molecule has 4 aromatic rings. The zero-order chi connectivity index (χ0) is 38.7. The maximum Gasteiger partial charge on any atom is 0.254 e. The molecule has 4 heterocycles. The Hall–Kier alpha value is -5.01. The molecule has 0 radical (unpaired) electrons. The lowest BCUT2D eigenvalue weighted by atomic mass is 9.81. The van der Waals surface area contributed by atoms with E-state index in [9.17, 15) is 9.59 Å². The maximum absolute atomic E-state index is 12.7. The van der Waals surface area contributed by atoms with E-state index in [0.29, 0.717) is 110 Å². The number of nitrogens with zero attached hydrogens (tertiary/aromatic N) is 6. The Kier molecular flexibility index (Phi) is 13.7. The van der Waals surface area contributed by atoms with Crippen LogP contribution >= 0.6 is 22.6 Å². The van der Waals surface area contributed by atoms with E-state index in [-0.39, 0.29) is 11.8 Å². The standard InChI is InChI=1S/C21H27N5O3.C17H19IN4O4/c1-22-19-16(14-4-3-5-14)13-23-21(25-19)24-17-7-6-15(12-18(17)28-2)20(27)26-8-10-29-11-9-26;1-24-14-9-11(16(23)22-5-7-26-8-6-22)3-4-13(14)20-17-19-10-12(18)15(21-17)25-2/h6-7,12-14H,3-5,8-11H2,1-2H3,(H2,22,23,24,25);3-4,9-10H,5-8H2,1-2H3,(H,19,20,21). The van der Waals surface area contributed by atoms with Gasteiger partial charge in [0, 0.05) is 62.3 Å². The lowest BCUT2D eigenvalue weighted by Crippen LogP contribution is -2.40. The molecule has 0 spiro atoms. The van der Waals surface area contributed by atoms with Gasteiger partial charge in [0.15, 0.2) is 0 Å². The summed E-state index contributed by atoms with van der Waals surface area (Å²) in [6, 6.07) is 10.6. The van der Waals surface area contributed by atoms with Gasteiger partial charge >= 0.3 is 0 Å². The molecule has 1 aliphatic carbocycles. The predicted molar refractivity (Wildman–Crippen MR) is 215 cm³/mol. The van der Waals surface area contributed by atoms with Crippen molar-refractivity contribution >= 4 is 63.5 Å². The van der Waals surface area contributed by atoms with E-state index in [0.717, 1.165) is 9.39 Å². The van der Waals surface area contributed by atoms with E-state index in [2.05, 4.69) is 58.5 Å². The lowest BCUT2D eigenvalue weighted by Gasteiger charge is -2.27. The van der Waals surface area contributed by atoms with Gasteiger partial charge in [-0.05, 0) is 77.7 Å². The van der Waals surface area contributed by atoms with Crippen molar-refractivity contribution in [1.82, 2.24) is 29.7 Å². The summed E-state index contributed by atoms with van der Waals surface area (Å²) in [5, 5.41) is 9.49. The van der Waals surface area contributed by atoms with E-state index in [4.69, 9.17) is 23.7 Å². The molecular formula is C38H46IN9O7. The summed E-state index contributed by atoms with van der Waals surface area (Å²) in [5.74, 6) is 3.81. The number of hydrogen-bond donors (Lipinski definition) is 3. The number of anilines is 5. The topological polar surface area (TPSA) is 174 Å². The van der Waals surface area contributed by atoms with Gasteiger partial charge in [0.05, 0.1) is 62.7 Å². The first-order chi connectivity index (χ1) is 26.8. The number of hydrogen-bond acceptors (Lipinski definition) is 14. The molecule has 2 saturated heterocycles. The highest BCUT2D eigenvalue weighted by molar-refractivity contribution is 14.1. The molecule has 1 saturated carbocycles. The summed E-state index contributed by atoms with van der Waals surface area (Å²) < 4.78 is 27.6. The number of benzene rings is 2. The van der Waals surface area contributed by atoms with Gasteiger partial charge < -0.3 is 49.4 Å². The molecule has 0 atom stereocenters. The number of amides is 2. The lowest BCUT2D eigenvalue weighted by molar-refractivity contribution is 0.0301. The van der Waals surface area contributed by atoms with E-state index in [1.54, 1.807) is 67.7 Å². The Balaban J connectivity index is 0.000000188. The molecular weight excluding hydrogens is 821 g/mol. The number of aromatic nitrogens is 4. The largest absolute Gasteiger partial charge is 0.495 e. The maximum atomic E-state index is 12.7. The van der Waals surface area contributed by atoms with Gasteiger partial charge in [-0.2, -0.15) is 9.97 Å². The van der Waals surface area contributed by atoms with Gasteiger partial charge in [-0.15, -0.1) is 0 Å². The number of carbonyl (C=O) groups is 2. The van der Waals surface area contributed by atoms with E-state index in [1.807, 2.05) is 19.3 Å². The Morgan fingerprint density at radius 1 is 0.745 bits per heavy atom. The molecule has 55 heavy (non-hydrogen) atoms. The van der Waals surface area contributed by atoms with E-state index in [1.165, 1.54) is 24.8 Å². The molecule has 0 bridgehead atoms. The zero-order valence-corrected chi connectivity index (χ0v) is 33.6. The molecule has 0 unspecified atom stereocenters. The minimum absolute atomic E-state index is 0.0169. The van der Waals surface area contributed by atoms with Gasteiger partial charge in [-0.25, -0.2) is 9.97 Å². The summed E-state index contributed by atoms with van der Waals surface area (Å²) in [6.07, 6.45) is 7.21. The monoisotopic (exact) mass is 867 g/mol. The molecule has 2 aromatic carbocycles. The predicted octanol–water partition coefficient (Wildman–Crippen LogP) is 5.32. The first-order valence-corrected chi connectivity index (χ1v) is 19.1. The minimum Gasteiger partial charge on any atom is -0.495 e. The van der Waals surface area contributed by atoms with Crippen LogP contribution in [0.3, 0.4) is 0 Å². The Morgan fingerprint density at radius 3 is 1.71 bits per heavy atom. The van der Waals surface area contributed by atoms with Crippen LogP contribution in [0, 0.1) is 3.57 Å². The van der Waals surface area contributed by atoms with Crippen LogP contribution in [-0.2, 0) is 9.47 Å². The van der Waals surface area contributed by atoms with Gasteiger partial charge in [0.1, 0.15) is 17.3 Å². The average molecular weight is 868 g/mol. The number of halogens is 1. The molecule has 2 aliphatic heterocycles. The molecule has 2 amide bonds. The van der Waals surface area contributed by atoms with Crippen LogP contribution in [0.5, 0.6) is 17.4 Å². The second-order valence-corrected chi connectivity index (χ2v) is 14.0. The highest BCUT2D eigenvalue weighted by Crippen LogP contribution is 2.39. The van der Waals surface area contributed by atoms with Crippen LogP contribution in [0.4, 0.5) is 29.1 Å². The Labute approximate surface area is 333 Å². The SMILES string of the molecule is CNc1nc(Nc2ccc(C(=O)N3CCOCC3)cc2OC)ncc1C1CCC1.COc1cc(C(=O)N2CCOCC2)ccc1Nc1ncc(I)c(OC)n1. The fraction of sp³-hybridized carbons (Fsp3) is 0.421. The second-order valence-electron chi connectivity index (χ2n) is 12.8. The third-order valence-electron chi connectivity index (χ3n) is 9.49. The highest BCUT2D eigenvalue weighted by atomic mass is 127. The van der Waals surface area contributed by atoms with Crippen LogP contribution < -0.4 is 30.2 Å². The molecule has 2 aromatic heterocycles. The fourth-order valence-corrected chi connectivity index (χ4v) is 6.70. The van der Waals surface area contributed by atoms with Crippen molar-refractivity contribution in [2.75, 3.05) is 96.9 Å². The highest BCUT2D eigenvalue weighted by Gasteiger charge is 2.25. The molecule has 7 rings (SSSR count). The normalized spacial score (nSPS) is 15.5. The molecule has 3 fully saturated rings. The van der Waals surface area contributed by atoms with Crippen LogP contribution in [0.2, 0.25) is 0 Å². The van der Waals surface area contributed by atoms with Crippen molar-refractivity contribution in [3.8, 4) is 17.4 Å². The van der Waals surface area contributed by atoms with Crippen molar-refractivity contribution < 1.29 is 33.3 Å². The fourth-order valence-electron chi connectivity index (χ4n) is 6.22. The average Bonchev–Trinajstić information content (AvgIpc) is 3.22. The van der Waals surface area contributed by atoms with Crippen LogP contribution in [0.25, 0.3) is 0 Å². The number of methoxy groups -OCH3 is 3. The molecule has 17 heteroatoms. The number of morpholine rings is 2. The molecule has 3 aliphatic rings. The third kappa shape index (κ3) is 9.81. The summed E-state index contributed by atoms with van der Waals surface area (Å²) in [5.41, 5.74) is 3.70. The van der Waals surface area contributed by atoms with Gasteiger partial charge in [-0.3, -0.25) is 9.59 Å². The van der Waals surface area contributed by atoms with Crippen molar-refractivity contribution in [3.63, 3.8) is 0 Å². The van der Waals surface area contributed by atoms with Crippen LogP contribution in [0.15, 0.2) is 48.8 Å². The second kappa shape index (κ2) is 19.0. The minimum atomic E-state index is -0.0367. The summed E-state index contributed by atoms with van der Waals surface area (Å²) in [7, 11) is 6.57. The Morgan fingerprint density at radius 2 is 1.25 bits per heavy atom. The first kappa shape index (κ1) is 39.7. The van der Waals surface area contributed by atoms with Gasteiger partial charge in [0.2, 0.25) is 17.8 Å². The third-order valence-corrected chi connectivity index (χ3v) is 10.2. The first-order valence-electron chi connectivity index (χ1n) is 18.1. The van der Waals surface area contributed by atoms with Crippen LogP contribution in [0.1, 0.15) is 51.5 Å². The summed E-state index contributed by atoms with van der Waals surface area (Å²) in [6.45, 7) is 4.68. The van der Waals surface area contributed by atoms with Gasteiger partial charge in [-0.1, -0.05) is 6.42 Å². The number of carbonyl (C=O) groups excluding carboxylic acids is 2. The molecule has 3 N–H and O–H groups in total. The van der Waals surface area contributed by atoms with Crippen molar-refractivity contribution in [2.45, 2.75) is 25.2 Å². The quantitative estimate of drug-likeness (QED) is 0.165. The van der Waals surface area contributed by atoms with E-state index >= 15 is 0 Å². The van der Waals surface area contributed by atoms with Crippen molar-refractivity contribution in [1.29, 1.82) is 0 Å². The van der Waals surface area contributed by atoms with Gasteiger partial charge in [0.25, 0.3) is 11.8 Å². The van der Waals surface area contributed by atoms with E-state index < -0.39 is 0 Å². The Bertz CT molecular complexity index is 1950. The smallest absolute Gasteiger partial charge is 0.254 e. The zero-order valence-electron chi connectivity index (χ0n) is 31.4. The summed E-state index contributed by atoms with van der Waals surface area (Å²) >= 11 is 2.10. The van der Waals surface area contributed by atoms with Crippen molar-refractivity contribution in [2.24, 2.45) is 0 Å². The number of rotatable bonds is 11. The van der Waals surface area contributed by atoms with Crippen molar-refractivity contribution in [3.05, 3.63) is 69.1 Å². The number of ether oxygens (including phenoxy) is 5. The summed E-state index contributed by atoms with van der Waals surface area (Å²) in [4.78, 5) is 46.5. The molecule has 16 nitrogen and oxygen atoms in total. The molecule has 292 valence electrons. The number of nitrogens with one attached hydrogen (secondary N) is 3. The van der Waals surface area contributed by atoms with Crippen LogP contribution in [-0.4, -0.2) is 123 Å².